The molecule has 1 unspecified atom stereocenters. The molecule has 6 heteroatoms. The Kier molecular flexibility index (Phi) is 7.34. The lowest BCUT2D eigenvalue weighted by Gasteiger charge is -2.35. The Morgan fingerprint density at radius 2 is 1.79 bits per heavy atom. The summed E-state index contributed by atoms with van der Waals surface area (Å²) in [6, 6.07) is 16.1. The van der Waals surface area contributed by atoms with Crippen molar-refractivity contribution in [2.45, 2.75) is 30.5 Å². The molecule has 1 aliphatic rings. The summed E-state index contributed by atoms with van der Waals surface area (Å²) in [5.41, 5.74) is 3.23. The van der Waals surface area contributed by atoms with Crippen molar-refractivity contribution in [2.24, 2.45) is 0 Å². The first-order chi connectivity index (χ1) is 14.0. The highest BCUT2D eigenvalue weighted by Crippen LogP contribution is 2.28. The zero-order chi connectivity index (χ0) is 20.8. The fourth-order valence-electron chi connectivity index (χ4n) is 3.50. The lowest BCUT2D eigenvalue weighted by molar-refractivity contribution is -0.139. The van der Waals surface area contributed by atoms with Gasteiger partial charge in [0.15, 0.2) is 0 Å². The lowest BCUT2D eigenvalue weighted by atomic mass is 10.1. The van der Waals surface area contributed by atoms with Crippen LogP contribution < -0.4 is 0 Å². The first-order valence-electron chi connectivity index (χ1n) is 9.88. The van der Waals surface area contributed by atoms with Gasteiger partial charge in [-0.3, -0.25) is 14.5 Å². The highest BCUT2D eigenvalue weighted by Gasteiger charge is 2.25. The van der Waals surface area contributed by atoms with Crippen molar-refractivity contribution >= 4 is 23.6 Å². The van der Waals surface area contributed by atoms with Gasteiger partial charge in [-0.05, 0) is 31.5 Å². The second kappa shape index (κ2) is 9.94. The van der Waals surface area contributed by atoms with Gasteiger partial charge in [0, 0.05) is 37.6 Å². The molecular weight excluding hydrogens is 384 g/mol. The van der Waals surface area contributed by atoms with Gasteiger partial charge in [0.25, 0.3) is 5.91 Å². The number of hydrogen-bond donors (Lipinski definition) is 0. The molecular formula is C23H28N2O3S. The normalized spacial score (nSPS) is 15.8. The van der Waals surface area contributed by atoms with E-state index in [1.165, 1.54) is 30.0 Å². The molecule has 1 aliphatic heterocycles. The van der Waals surface area contributed by atoms with Crippen molar-refractivity contribution in [3.05, 3.63) is 65.2 Å². The highest BCUT2D eigenvalue weighted by molar-refractivity contribution is 8.00. The fraction of sp³-hybridized carbons (Fsp3) is 0.391. The van der Waals surface area contributed by atoms with Gasteiger partial charge in [-0.1, -0.05) is 42.0 Å². The average molecular weight is 413 g/mol. The first kappa shape index (κ1) is 21.4. The van der Waals surface area contributed by atoms with E-state index in [0.717, 1.165) is 24.5 Å². The molecule has 2 aromatic rings. The van der Waals surface area contributed by atoms with Gasteiger partial charge in [-0.25, -0.2) is 0 Å². The maximum Gasteiger partial charge on any atom is 0.318 e. The molecule has 0 bridgehead atoms. The number of ether oxygens (including phenoxy) is 1. The van der Waals surface area contributed by atoms with E-state index in [2.05, 4.69) is 36.1 Å². The summed E-state index contributed by atoms with van der Waals surface area (Å²) >= 11 is 1.37. The SMILES string of the molecule is COC(=O)C(C)Sc1ccccc1C(=O)N1CCN(Cc2cccc(C)c2)CC1. The van der Waals surface area contributed by atoms with E-state index in [1.54, 1.807) is 6.92 Å². The van der Waals surface area contributed by atoms with Crippen LogP contribution in [0, 0.1) is 6.92 Å². The summed E-state index contributed by atoms with van der Waals surface area (Å²) in [4.78, 5) is 30.0. The van der Waals surface area contributed by atoms with Crippen molar-refractivity contribution in [3.8, 4) is 0 Å². The zero-order valence-electron chi connectivity index (χ0n) is 17.3. The van der Waals surface area contributed by atoms with Gasteiger partial charge in [0.2, 0.25) is 0 Å². The van der Waals surface area contributed by atoms with Crippen LogP contribution in [-0.4, -0.2) is 60.2 Å². The second-order valence-electron chi connectivity index (χ2n) is 7.34. The predicted octanol–water partition coefficient (Wildman–Crippen LogP) is 3.61. The number of rotatable bonds is 6. The summed E-state index contributed by atoms with van der Waals surface area (Å²) in [7, 11) is 1.38. The van der Waals surface area contributed by atoms with Crippen LogP contribution in [0.25, 0.3) is 0 Å². The summed E-state index contributed by atoms with van der Waals surface area (Å²) in [5, 5.41) is -0.361. The van der Waals surface area contributed by atoms with Crippen molar-refractivity contribution < 1.29 is 14.3 Å². The van der Waals surface area contributed by atoms with Crippen molar-refractivity contribution in [1.82, 2.24) is 9.80 Å². The van der Waals surface area contributed by atoms with Gasteiger partial charge < -0.3 is 9.64 Å². The van der Waals surface area contributed by atoms with Crippen LogP contribution in [0.5, 0.6) is 0 Å². The number of nitrogens with zero attached hydrogens (tertiary/aromatic N) is 2. The predicted molar refractivity (Wildman–Crippen MR) is 116 cm³/mol. The van der Waals surface area contributed by atoms with Crippen LogP contribution in [-0.2, 0) is 16.1 Å². The Morgan fingerprint density at radius 3 is 2.48 bits per heavy atom. The van der Waals surface area contributed by atoms with Crippen molar-refractivity contribution in [1.29, 1.82) is 0 Å². The molecule has 0 spiro atoms. The van der Waals surface area contributed by atoms with E-state index in [9.17, 15) is 9.59 Å². The van der Waals surface area contributed by atoms with Crippen LogP contribution >= 0.6 is 11.8 Å². The number of amides is 1. The smallest absolute Gasteiger partial charge is 0.318 e. The molecule has 1 saturated heterocycles. The second-order valence-corrected chi connectivity index (χ2v) is 8.72. The van der Waals surface area contributed by atoms with Gasteiger partial charge in [0.05, 0.1) is 12.7 Å². The van der Waals surface area contributed by atoms with Crippen molar-refractivity contribution in [3.63, 3.8) is 0 Å². The minimum absolute atomic E-state index is 0.0281. The molecule has 0 radical (unpaired) electrons. The van der Waals surface area contributed by atoms with E-state index < -0.39 is 0 Å². The summed E-state index contributed by atoms with van der Waals surface area (Å²) in [5.74, 6) is -0.262. The molecule has 1 amide bonds. The number of carbonyl (C=O) groups excluding carboxylic acids is 2. The largest absolute Gasteiger partial charge is 0.468 e. The maximum atomic E-state index is 13.1. The van der Waals surface area contributed by atoms with E-state index in [1.807, 2.05) is 29.2 Å². The zero-order valence-corrected chi connectivity index (χ0v) is 18.1. The van der Waals surface area contributed by atoms with Crippen LogP contribution in [0.3, 0.4) is 0 Å². The van der Waals surface area contributed by atoms with Gasteiger partial charge in [-0.15, -0.1) is 11.8 Å². The third-order valence-electron chi connectivity index (χ3n) is 5.10. The van der Waals surface area contributed by atoms with E-state index >= 15 is 0 Å². The summed E-state index contributed by atoms with van der Waals surface area (Å²) in [6.45, 7) is 7.93. The standard InChI is InChI=1S/C23H28N2O3S/c1-17-7-6-8-19(15-17)16-24-11-13-25(14-12-24)22(26)20-9-4-5-10-21(20)29-18(2)23(27)28-3/h4-10,15,18H,11-14,16H2,1-3H3. The molecule has 0 N–H and O–H groups in total. The van der Waals surface area contributed by atoms with Crippen LogP contribution in [0.2, 0.25) is 0 Å². The minimum atomic E-state index is -0.361. The van der Waals surface area contributed by atoms with Gasteiger partial charge in [-0.2, -0.15) is 0 Å². The molecule has 29 heavy (non-hydrogen) atoms. The molecule has 2 aromatic carbocycles. The first-order valence-corrected chi connectivity index (χ1v) is 10.8. The average Bonchev–Trinajstić information content (AvgIpc) is 2.73. The molecule has 1 fully saturated rings. The van der Waals surface area contributed by atoms with Crippen molar-refractivity contribution in [2.75, 3.05) is 33.3 Å². The number of benzene rings is 2. The third kappa shape index (κ3) is 5.61. The highest BCUT2D eigenvalue weighted by atomic mass is 32.2. The number of esters is 1. The maximum absolute atomic E-state index is 13.1. The van der Waals surface area contributed by atoms with Crippen LogP contribution in [0.15, 0.2) is 53.4 Å². The molecule has 1 atom stereocenters. The Bertz CT molecular complexity index is 863. The van der Waals surface area contributed by atoms with Crippen LogP contribution in [0.4, 0.5) is 0 Å². The third-order valence-corrected chi connectivity index (χ3v) is 6.26. The molecule has 1 heterocycles. The summed E-state index contributed by atoms with van der Waals surface area (Å²) < 4.78 is 4.81. The minimum Gasteiger partial charge on any atom is -0.468 e. The Balaban J connectivity index is 1.61. The number of hydrogen-bond acceptors (Lipinski definition) is 5. The summed E-state index contributed by atoms with van der Waals surface area (Å²) in [6.07, 6.45) is 0. The van der Waals surface area contributed by atoms with E-state index in [0.29, 0.717) is 18.7 Å². The quantitative estimate of drug-likeness (QED) is 0.536. The Hall–Kier alpha value is -2.31. The Morgan fingerprint density at radius 1 is 1.07 bits per heavy atom. The number of thioether (sulfide) groups is 1. The number of carbonyl (C=O) groups is 2. The molecule has 0 saturated carbocycles. The monoisotopic (exact) mass is 412 g/mol. The number of piperazine rings is 1. The topological polar surface area (TPSA) is 49.9 Å². The Labute approximate surface area is 177 Å². The van der Waals surface area contributed by atoms with E-state index in [4.69, 9.17) is 4.74 Å². The molecule has 154 valence electrons. The number of methoxy groups -OCH3 is 1. The van der Waals surface area contributed by atoms with Crippen LogP contribution in [0.1, 0.15) is 28.4 Å². The fourth-order valence-corrected chi connectivity index (χ4v) is 4.51. The van der Waals surface area contributed by atoms with Gasteiger partial charge >= 0.3 is 5.97 Å². The van der Waals surface area contributed by atoms with Gasteiger partial charge in [0.1, 0.15) is 5.25 Å². The van der Waals surface area contributed by atoms with E-state index in [-0.39, 0.29) is 17.1 Å². The molecule has 0 aromatic heterocycles. The lowest BCUT2D eigenvalue weighted by Crippen LogP contribution is -2.48. The molecule has 3 rings (SSSR count). The molecule has 5 nitrogen and oxygen atoms in total. The molecule has 0 aliphatic carbocycles. The number of aryl methyl sites for hydroxylation is 1.